The molecule has 0 aliphatic heterocycles. The first kappa shape index (κ1) is 28.5. The van der Waals surface area contributed by atoms with Gasteiger partial charge in [-0.2, -0.15) is 0 Å². The fourth-order valence-electron chi connectivity index (χ4n) is 8.61. The Morgan fingerprint density at radius 1 is 0.868 bits per heavy atom. The van der Waals surface area contributed by atoms with Crippen LogP contribution >= 0.6 is 0 Å². The van der Waals surface area contributed by atoms with Gasteiger partial charge in [-0.1, -0.05) is 20.4 Å². The molecular weight excluding hydrogens is 496 g/mol. The van der Waals surface area contributed by atoms with Crippen LogP contribution < -0.4 is 0 Å². The molecule has 2 N–H and O–H groups in total. The lowest BCUT2D eigenvalue weighted by Gasteiger charge is -2.52. The van der Waals surface area contributed by atoms with E-state index in [1.165, 1.54) is 27.7 Å². The summed E-state index contributed by atoms with van der Waals surface area (Å²) in [6.45, 7) is 14.7. The van der Waals surface area contributed by atoms with Crippen LogP contribution in [0.15, 0.2) is 12.2 Å². The molecule has 38 heavy (non-hydrogen) atoms. The van der Waals surface area contributed by atoms with Gasteiger partial charge in [-0.25, -0.2) is 0 Å². The third-order valence-electron chi connectivity index (χ3n) is 10.1. The number of hydrogen-bond donors (Lipinski definition) is 2. The summed E-state index contributed by atoms with van der Waals surface area (Å²) in [4.78, 5) is 48.9. The molecule has 4 aliphatic carbocycles. The van der Waals surface area contributed by atoms with Gasteiger partial charge in [0.2, 0.25) is 0 Å². The number of esters is 4. The molecule has 0 aromatic carbocycles. The van der Waals surface area contributed by atoms with Crippen LogP contribution in [0.1, 0.15) is 80.6 Å². The number of carbonyl (C=O) groups is 4. The molecule has 10 heteroatoms. The van der Waals surface area contributed by atoms with E-state index in [-0.39, 0.29) is 25.7 Å². The van der Waals surface area contributed by atoms with Gasteiger partial charge in [0, 0.05) is 50.4 Å². The van der Waals surface area contributed by atoms with Gasteiger partial charge >= 0.3 is 23.9 Å². The molecule has 4 aliphatic rings. The van der Waals surface area contributed by atoms with Crippen LogP contribution in [0.5, 0.6) is 0 Å². The lowest BCUT2D eigenvalue weighted by molar-refractivity contribution is -0.211. The molecule has 1 spiro atoms. The quantitative estimate of drug-likeness (QED) is 0.312. The summed E-state index contributed by atoms with van der Waals surface area (Å²) in [6.07, 6.45) is -2.07. The first-order valence-corrected chi connectivity index (χ1v) is 13.2. The van der Waals surface area contributed by atoms with Crippen LogP contribution in [0.2, 0.25) is 0 Å². The van der Waals surface area contributed by atoms with Gasteiger partial charge in [-0.15, -0.1) is 0 Å². The van der Waals surface area contributed by atoms with Crippen molar-refractivity contribution >= 4 is 23.9 Å². The van der Waals surface area contributed by atoms with E-state index in [0.717, 1.165) is 0 Å². The first-order valence-electron chi connectivity index (χ1n) is 13.2. The van der Waals surface area contributed by atoms with E-state index in [2.05, 4.69) is 6.58 Å². The average molecular weight is 537 g/mol. The minimum absolute atomic E-state index is 0.0867. The van der Waals surface area contributed by atoms with Crippen LogP contribution in [0.25, 0.3) is 0 Å². The van der Waals surface area contributed by atoms with Gasteiger partial charge < -0.3 is 29.2 Å². The molecule has 0 aromatic rings. The van der Waals surface area contributed by atoms with Crippen LogP contribution in [-0.2, 0) is 38.1 Å². The van der Waals surface area contributed by atoms with Crippen molar-refractivity contribution in [3.63, 3.8) is 0 Å². The van der Waals surface area contributed by atoms with E-state index in [9.17, 15) is 29.4 Å². The zero-order valence-electron chi connectivity index (χ0n) is 23.3. The number of aliphatic hydroxyl groups is 2. The van der Waals surface area contributed by atoms with Crippen LogP contribution in [0.4, 0.5) is 0 Å². The second kappa shape index (κ2) is 8.78. The highest BCUT2D eigenvalue weighted by Crippen LogP contribution is 2.71. The zero-order valence-corrected chi connectivity index (χ0v) is 23.3. The van der Waals surface area contributed by atoms with Gasteiger partial charge in [-0.3, -0.25) is 19.2 Å². The Morgan fingerprint density at radius 2 is 1.42 bits per heavy atom. The Balaban J connectivity index is 1.95. The Kier molecular flexibility index (Phi) is 6.59. The highest BCUT2D eigenvalue weighted by Gasteiger charge is 2.79. The molecule has 0 unspecified atom stereocenters. The molecular formula is C28H40O10. The van der Waals surface area contributed by atoms with Gasteiger partial charge in [0.1, 0.15) is 29.5 Å². The number of rotatable bonds is 4. The van der Waals surface area contributed by atoms with Crippen LogP contribution in [0, 0.1) is 22.7 Å². The summed E-state index contributed by atoms with van der Waals surface area (Å²) in [5, 5.41) is 25.2. The molecule has 2 bridgehead atoms. The van der Waals surface area contributed by atoms with E-state index < -0.39 is 81.7 Å². The largest absolute Gasteiger partial charge is 0.462 e. The maximum absolute atomic E-state index is 12.6. The predicted molar refractivity (Wildman–Crippen MR) is 132 cm³/mol. The lowest BCUT2D eigenvalue weighted by Crippen LogP contribution is -2.60. The fraction of sp³-hybridized carbons (Fsp3) is 0.786. The second-order valence-electron chi connectivity index (χ2n) is 12.5. The number of carbonyl (C=O) groups excluding carboxylic acids is 4. The molecule has 4 fully saturated rings. The Labute approximate surface area is 223 Å². The van der Waals surface area contributed by atoms with Crippen molar-refractivity contribution in [1.82, 2.24) is 0 Å². The van der Waals surface area contributed by atoms with Crippen molar-refractivity contribution in [1.29, 1.82) is 0 Å². The summed E-state index contributed by atoms with van der Waals surface area (Å²) in [7, 11) is 0. The Morgan fingerprint density at radius 3 is 1.95 bits per heavy atom. The smallest absolute Gasteiger partial charge is 0.303 e. The normalized spacial score (nSPS) is 44.8. The molecule has 0 heterocycles. The van der Waals surface area contributed by atoms with Gasteiger partial charge in [-0.05, 0) is 44.6 Å². The third kappa shape index (κ3) is 3.73. The topological polar surface area (TPSA) is 146 Å². The molecule has 0 saturated heterocycles. The van der Waals surface area contributed by atoms with Crippen molar-refractivity contribution in [3.05, 3.63) is 12.2 Å². The molecule has 4 rings (SSSR count). The highest BCUT2D eigenvalue weighted by atomic mass is 16.6. The average Bonchev–Trinajstić information content (AvgIpc) is 3.02. The Hall–Kier alpha value is -2.46. The molecule has 10 nitrogen and oxygen atoms in total. The summed E-state index contributed by atoms with van der Waals surface area (Å²) in [5.74, 6) is -3.48. The van der Waals surface area contributed by atoms with Crippen LogP contribution in [-0.4, -0.2) is 69.2 Å². The summed E-state index contributed by atoms with van der Waals surface area (Å²) < 4.78 is 23.2. The van der Waals surface area contributed by atoms with Gasteiger partial charge in [0.15, 0.2) is 0 Å². The highest BCUT2D eigenvalue weighted by molar-refractivity contribution is 5.68. The van der Waals surface area contributed by atoms with Crippen molar-refractivity contribution in [2.75, 3.05) is 0 Å². The molecule has 0 radical (unpaired) electrons. The standard InChI is InChI=1S/C28H40O10/c1-14-20-11-21(35-15(2)29)24(6,7)28(20,34)22(36-16(3)30)12-26-13-25(8,38-18(5)32)19(9-10-27(14,26)33)23(26)37-17(4)31/h19-23,33-34H,1,9-13H2,2-8H3/t19-,20-,21-,22+,23-,25+,26-,27+,28-/m0/s1. The van der Waals surface area contributed by atoms with Crippen molar-refractivity contribution in [2.24, 2.45) is 22.7 Å². The maximum Gasteiger partial charge on any atom is 0.303 e. The number of hydrogen-bond acceptors (Lipinski definition) is 10. The number of ether oxygens (including phenoxy) is 4. The zero-order chi connectivity index (χ0) is 28.6. The van der Waals surface area contributed by atoms with Gasteiger partial charge in [0.25, 0.3) is 0 Å². The van der Waals surface area contributed by atoms with Gasteiger partial charge in [0.05, 0.1) is 5.60 Å². The molecule has 0 amide bonds. The monoisotopic (exact) mass is 536 g/mol. The number of fused-ring (bicyclic) bond motifs is 2. The molecule has 4 saturated carbocycles. The fourth-order valence-corrected chi connectivity index (χ4v) is 8.61. The lowest BCUT2D eigenvalue weighted by atomic mass is 9.58. The first-order chi connectivity index (χ1) is 17.4. The van der Waals surface area contributed by atoms with Crippen molar-refractivity contribution in [3.8, 4) is 0 Å². The van der Waals surface area contributed by atoms with Crippen molar-refractivity contribution in [2.45, 2.75) is 116 Å². The van der Waals surface area contributed by atoms with E-state index in [1.807, 2.05) is 0 Å². The predicted octanol–water partition coefficient (Wildman–Crippen LogP) is 2.37. The second-order valence-corrected chi connectivity index (χ2v) is 12.5. The minimum Gasteiger partial charge on any atom is -0.462 e. The summed E-state index contributed by atoms with van der Waals surface area (Å²) >= 11 is 0. The third-order valence-corrected chi connectivity index (χ3v) is 10.1. The summed E-state index contributed by atoms with van der Waals surface area (Å²) in [6, 6.07) is 0. The molecule has 0 aromatic heterocycles. The van der Waals surface area contributed by atoms with E-state index in [1.54, 1.807) is 20.8 Å². The van der Waals surface area contributed by atoms with E-state index in [4.69, 9.17) is 18.9 Å². The van der Waals surface area contributed by atoms with E-state index in [0.29, 0.717) is 12.0 Å². The van der Waals surface area contributed by atoms with E-state index >= 15 is 0 Å². The molecule has 9 atom stereocenters. The van der Waals surface area contributed by atoms with Crippen molar-refractivity contribution < 1.29 is 48.3 Å². The minimum atomic E-state index is -1.78. The van der Waals surface area contributed by atoms with Crippen LogP contribution in [0.3, 0.4) is 0 Å². The molecule has 212 valence electrons. The SMILES string of the molecule is C=C1[C@@H]2C[C@H](OC(C)=O)C(C)(C)[C@@]2(O)[C@H](OC(C)=O)C[C@@]23C[C@@](C)(OC(C)=O)[C@@H](CC[C@@]12O)[C@@H]3OC(C)=O. The maximum atomic E-state index is 12.6. The summed E-state index contributed by atoms with van der Waals surface area (Å²) in [5.41, 5.74) is -6.63. The Bertz CT molecular complexity index is 1080.